The van der Waals surface area contributed by atoms with E-state index in [-0.39, 0.29) is 63.7 Å². The first-order valence-electron chi connectivity index (χ1n) is 19.8. The summed E-state index contributed by atoms with van der Waals surface area (Å²) in [5.41, 5.74) is 1.68. The summed E-state index contributed by atoms with van der Waals surface area (Å²) >= 11 is 6.59. The van der Waals surface area contributed by atoms with Crippen molar-refractivity contribution in [3.05, 3.63) is 77.3 Å². The molecule has 4 aromatic rings. The van der Waals surface area contributed by atoms with Crippen LogP contribution in [0.5, 0.6) is 5.75 Å². The maximum Gasteiger partial charge on any atom is 0.573 e. The number of likely N-dealkylation sites (tertiary alicyclic amines) is 1. The molecule has 2 aliphatic heterocycles. The van der Waals surface area contributed by atoms with Crippen LogP contribution in [0.15, 0.2) is 60.9 Å². The number of hydrogen-bond donors (Lipinski definition) is 4. The van der Waals surface area contributed by atoms with Gasteiger partial charge in [-0.05, 0) is 61.4 Å². The van der Waals surface area contributed by atoms with Crippen LogP contribution >= 0.6 is 11.6 Å². The average molecular weight is 868 g/mol. The van der Waals surface area contributed by atoms with Crippen LogP contribution in [0.4, 0.5) is 34.3 Å². The zero-order valence-corrected chi connectivity index (χ0v) is 35.5. The zero-order valence-electron chi connectivity index (χ0n) is 34.8. The number of amides is 5. The highest BCUT2D eigenvalue weighted by Gasteiger charge is 2.40. The number of pyridine rings is 1. The number of aromatic amines is 1. The molecule has 5 atom stereocenters. The number of alkyl carbamates (subject to hydrolysis) is 1. The number of anilines is 2. The number of carbonyl (C=O) groups excluding carboxylic acids is 4. The Morgan fingerprint density at radius 3 is 2.25 bits per heavy atom. The Bertz CT molecular complexity index is 2240. The van der Waals surface area contributed by atoms with Crippen LogP contribution in [0.3, 0.4) is 0 Å². The number of imidazole rings is 1. The summed E-state index contributed by atoms with van der Waals surface area (Å²) in [6, 6.07) is 10.6. The first-order chi connectivity index (χ1) is 28.9. The van der Waals surface area contributed by atoms with Crippen molar-refractivity contribution in [2.24, 2.45) is 11.8 Å². The summed E-state index contributed by atoms with van der Waals surface area (Å²) in [7, 11) is 2.82. The van der Waals surface area contributed by atoms with Gasteiger partial charge < -0.3 is 45.1 Å². The summed E-state index contributed by atoms with van der Waals surface area (Å²) < 4.78 is 50.4. The summed E-state index contributed by atoms with van der Waals surface area (Å²) in [4.78, 5) is 69.1. The van der Waals surface area contributed by atoms with Crippen molar-refractivity contribution in [2.45, 2.75) is 71.6 Å². The highest BCUT2D eigenvalue weighted by molar-refractivity contribution is 6.34. The quantitative estimate of drug-likeness (QED) is 0.126. The summed E-state index contributed by atoms with van der Waals surface area (Å²) in [5.74, 6) is -0.373. The molecule has 2 aromatic heterocycles. The third kappa shape index (κ3) is 10.1. The molecule has 2 fully saturated rings. The van der Waals surface area contributed by atoms with Gasteiger partial charge in [0.05, 0.1) is 41.3 Å². The van der Waals surface area contributed by atoms with Gasteiger partial charge in [0.1, 0.15) is 23.4 Å². The van der Waals surface area contributed by atoms with E-state index in [1.807, 2.05) is 39.5 Å². The predicted molar refractivity (Wildman–Crippen MR) is 223 cm³/mol. The minimum atomic E-state index is -5.06. The number of hydrogen-bond acceptors (Lipinski definition) is 9. The molecule has 326 valence electrons. The monoisotopic (exact) mass is 867 g/mol. The lowest BCUT2D eigenvalue weighted by Crippen LogP contribution is -2.60. The van der Waals surface area contributed by atoms with E-state index in [9.17, 15) is 32.3 Å². The second-order valence-corrected chi connectivity index (χ2v) is 16.2. The molecule has 0 aliphatic carbocycles. The Balaban J connectivity index is 1.18. The number of rotatable bonds is 10. The first kappa shape index (κ1) is 44.5. The Morgan fingerprint density at radius 2 is 1.62 bits per heavy atom. The van der Waals surface area contributed by atoms with Crippen molar-refractivity contribution >= 4 is 47.0 Å². The number of ether oxygens (including phenoxy) is 2. The van der Waals surface area contributed by atoms with Crippen LogP contribution in [0.25, 0.3) is 22.4 Å². The van der Waals surface area contributed by atoms with Gasteiger partial charge in [-0.2, -0.15) is 0 Å². The molecule has 0 unspecified atom stereocenters. The van der Waals surface area contributed by atoms with E-state index in [2.05, 4.69) is 35.6 Å². The second kappa shape index (κ2) is 18.3. The molecule has 2 saturated heterocycles. The van der Waals surface area contributed by atoms with Gasteiger partial charge >= 0.3 is 18.5 Å². The fourth-order valence-electron chi connectivity index (χ4n) is 7.75. The van der Waals surface area contributed by atoms with E-state index >= 15 is 0 Å². The lowest BCUT2D eigenvalue weighted by Gasteiger charge is -2.44. The van der Waals surface area contributed by atoms with Crippen LogP contribution in [-0.2, 0) is 9.53 Å². The maximum atomic E-state index is 13.8. The maximum absolute atomic E-state index is 13.8. The second-order valence-electron chi connectivity index (χ2n) is 15.8. The van der Waals surface area contributed by atoms with E-state index < -0.39 is 30.2 Å². The molecule has 15 nitrogen and oxygen atoms in total. The van der Waals surface area contributed by atoms with E-state index in [0.717, 1.165) is 6.07 Å². The van der Waals surface area contributed by atoms with Crippen molar-refractivity contribution in [3.63, 3.8) is 0 Å². The number of aromatic nitrogens is 3. The SMILES string of the molecule is CNC(=O)N1C[C@@H](C)N(c2ccc(C(=O)Nc3cc(OC(F)(F)F)c(-c4ccc(-c5cnc([C@@H]6C[C@H](C)CN6C(=O)[C@@H](NC(=O)OC)C(C)C)[nH]5)cc4)cc3Cl)cn2)C[C@@H]1C. The number of carbonyl (C=O) groups is 4. The van der Waals surface area contributed by atoms with Gasteiger partial charge in [0.25, 0.3) is 5.91 Å². The predicted octanol–water partition coefficient (Wildman–Crippen LogP) is 7.47. The van der Waals surface area contributed by atoms with Crippen molar-refractivity contribution in [1.29, 1.82) is 0 Å². The number of alkyl halides is 3. The van der Waals surface area contributed by atoms with E-state index in [0.29, 0.717) is 54.5 Å². The Morgan fingerprint density at radius 1 is 0.918 bits per heavy atom. The molecule has 5 amide bonds. The third-order valence-corrected chi connectivity index (χ3v) is 11.2. The molecule has 2 aliphatic rings. The van der Waals surface area contributed by atoms with Crippen LogP contribution in [-0.4, -0.2) is 107 Å². The van der Waals surface area contributed by atoms with E-state index in [1.54, 1.807) is 59.4 Å². The molecule has 4 N–H and O–H groups in total. The van der Waals surface area contributed by atoms with Crippen molar-refractivity contribution in [3.8, 4) is 28.1 Å². The van der Waals surface area contributed by atoms with Crippen LogP contribution in [0, 0.1) is 11.8 Å². The molecule has 19 heteroatoms. The summed E-state index contributed by atoms with van der Waals surface area (Å²) in [5, 5.41) is 7.84. The lowest BCUT2D eigenvalue weighted by molar-refractivity contribution is -0.274. The third-order valence-electron chi connectivity index (χ3n) is 10.9. The van der Waals surface area contributed by atoms with Crippen molar-refractivity contribution < 1.29 is 41.8 Å². The molecular weight excluding hydrogens is 819 g/mol. The number of urea groups is 1. The molecular formula is C42H49ClF3N9O6. The molecule has 4 heterocycles. The molecule has 6 rings (SSSR count). The molecule has 0 spiro atoms. The first-order valence-corrected chi connectivity index (χ1v) is 20.2. The number of nitrogens with one attached hydrogen (secondary N) is 4. The number of halogens is 4. The number of nitrogens with zero attached hydrogens (tertiary/aromatic N) is 5. The normalized spacial score (nSPS) is 19.7. The van der Waals surface area contributed by atoms with Gasteiger partial charge in [-0.25, -0.2) is 19.6 Å². The van der Waals surface area contributed by atoms with Crippen molar-refractivity contribution in [1.82, 2.24) is 35.4 Å². The highest BCUT2D eigenvalue weighted by atomic mass is 35.5. The topological polar surface area (TPSA) is 174 Å². The Kier molecular flexibility index (Phi) is 13.3. The van der Waals surface area contributed by atoms with Gasteiger partial charge in [-0.15, -0.1) is 13.2 Å². The number of benzene rings is 2. The van der Waals surface area contributed by atoms with Crippen LogP contribution in [0.2, 0.25) is 5.02 Å². The van der Waals surface area contributed by atoms with Crippen molar-refractivity contribution in [2.75, 3.05) is 44.0 Å². The fourth-order valence-corrected chi connectivity index (χ4v) is 7.96. The number of piperazine rings is 1. The summed E-state index contributed by atoms with van der Waals surface area (Å²) in [6.45, 7) is 11.1. The largest absolute Gasteiger partial charge is 0.573 e. The number of H-pyrrole nitrogens is 1. The highest BCUT2D eigenvalue weighted by Crippen LogP contribution is 2.41. The van der Waals surface area contributed by atoms with Gasteiger partial charge in [0.15, 0.2) is 0 Å². The van der Waals surface area contributed by atoms with Gasteiger partial charge in [0, 0.05) is 56.6 Å². The fraction of sp³-hybridized carbons (Fsp3) is 0.429. The minimum Gasteiger partial charge on any atom is -0.453 e. The van der Waals surface area contributed by atoms with Crippen LogP contribution < -0.4 is 25.6 Å². The van der Waals surface area contributed by atoms with E-state index in [1.165, 1.54) is 19.4 Å². The minimum absolute atomic E-state index is 0.0254. The standard InChI is InChI=1S/C42H49ClF3N9O6/c1-22(2)36(52-41(59)60-7)39(57)55-19-23(3)14-33(55)37-49-18-32(50-37)27-10-8-26(9-11-27)29-15-30(43)31(16-34(29)61-42(44,45)46)51-38(56)28-12-13-35(48-17-28)53-20-25(5)54(21-24(53)4)40(58)47-6/h8-13,15-18,22-25,33,36H,14,19-21H2,1-7H3,(H,47,58)(H,49,50)(H,51,56)(H,52,59)/t23-,24+,25-,33-,36-/m0/s1. The molecule has 0 radical (unpaired) electrons. The van der Waals surface area contributed by atoms with Gasteiger partial charge in [-0.1, -0.05) is 56.6 Å². The Labute approximate surface area is 356 Å². The average Bonchev–Trinajstić information content (AvgIpc) is 3.87. The van der Waals surface area contributed by atoms with Gasteiger partial charge in [0.2, 0.25) is 5.91 Å². The molecule has 61 heavy (non-hydrogen) atoms. The van der Waals surface area contributed by atoms with Crippen LogP contribution in [0.1, 0.15) is 63.3 Å². The lowest BCUT2D eigenvalue weighted by atomic mass is 10.0. The number of methoxy groups -OCH3 is 1. The van der Waals surface area contributed by atoms with E-state index in [4.69, 9.17) is 16.3 Å². The molecule has 0 saturated carbocycles. The van der Waals surface area contributed by atoms with Gasteiger partial charge in [-0.3, -0.25) is 9.59 Å². The molecule has 0 bridgehead atoms. The summed E-state index contributed by atoms with van der Waals surface area (Å²) in [6.07, 6.45) is -2.14. The Hall–Kier alpha value is -6.04. The smallest absolute Gasteiger partial charge is 0.453 e. The molecule has 2 aromatic carbocycles. The zero-order chi connectivity index (χ0) is 44.3.